The quantitative estimate of drug-likeness (QED) is 0.896. The van der Waals surface area contributed by atoms with E-state index in [-0.39, 0.29) is 17.5 Å². The smallest absolute Gasteiger partial charge is 0.247 e. The fourth-order valence-corrected chi connectivity index (χ4v) is 5.22. The lowest BCUT2D eigenvalue weighted by molar-refractivity contribution is 0.192. The second-order valence-electron chi connectivity index (χ2n) is 6.16. The third kappa shape index (κ3) is 3.24. The van der Waals surface area contributed by atoms with E-state index in [0.29, 0.717) is 18.7 Å². The summed E-state index contributed by atoms with van der Waals surface area (Å²) in [6.07, 6.45) is 4.68. The van der Waals surface area contributed by atoms with Gasteiger partial charge >= 0.3 is 0 Å². The van der Waals surface area contributed by atoms with Crippen LogP contribution in [0.2, 0.25) is 0 Å². The maximum Gasteiger partial charge on any atom is 0.247 e. The van der Waals surface area contributed by atoms with Crippen molar-refractivity contribution in [3.05, 3.63) is 36.5 Å². The zero-order valence-corrected chi connectivity index (χ0v) is 14.6. The zero-order valence-electron chi connectivity index (χ0n) is 13.8. The molecule has 0 amide bonds. The van der Waals surface area contributed by atoms with Crippen LogP contribution in [0.15, 0.2) is 41.4 Å². The standard InChI is InChI=1S/C17H23N3O3S/c1-19-13-16(17(18-19)14-7-3-2-4-8-14)24(22,23)20-11-6-5-9-15(20)10-12-21/h2-4,7-8,13,15,21H,5-6,9-12H2,1H3. The molecule has 130 valence electrons. The van der Waals surface area contributed by atoms with Crippen molar-refractivity contribution in [2.45, 2.75) is 36.6 Å². The molecule has 0 spiro atoms. The van der Waals surface area contributed by atoms with Crippen molar-refractivity contribution in [1.82, 2.24) is 14.1 Å². The van der Waals surface area contributed by atoms with Crippen molar-refractivity contribution in [2.24, 2.45) is 7.05 Å². The molecular formula is C17H23N3O3S. The van der Waals surface area contributed by atoms with Crippen LogP contribution < -0.4 is 0 Å². The first-order valence-electron chi connectivity index (χ1n) is 8.26. The Hall–Kier alpha value is -1.70. The van der Waals surface area contributed by atoms with Gasteiger partial charge in [-0.1, -0.05) is 36.8 Å². The molecule has 0 radical (unpaired) electrons. The van der Waals surface area contributed by atoms with E-state index in [9.17, 15) is 13.5 Å². The van der Waals surface area contributed by atoms with E-state index in [2.05, 4.69) is 5.10 Å². The molecule has 1 aromatic heterocycles. The number of hydrogen-bond acceptors (Lipinski definition) is 4. The topological polar surface area (TPSA) is 75.4 Å². The van der Waals surface area contributed by atoms with Gasteiger partial charge in [0.25, 0.3) is 0 Å². The van der Waals surface area contributed by atoms with E-state index >= 15 is 0 Å². The monoisotopic (exact) mass is 349 g/mol. The Kier molecular flexibility index (Phi) is 5.03. The van der Waals surface area contributed by atoms with Gasteiger partial charge in [0.1, 0.15) is 10.6 Å². The van der Waals surface area contributed by atoms with Crippen molar-refractivity contribution in [3.63, 3.8) is 0 Å². The van der Waals surface area contributed by atoms with Gasteiger partial charge < -0.3 is 5.11 Å². The molecule has 1 aliphatic heterocycles. The zero-order chi connectivity index (χ0) is 17.2. The summed E-state index contributed by atoms with van der Waals surface area (Å²) in [5.41, 5.74) is 1.26. The fourth-order valence-electron chi connectivity index (χ4n) is 3.31. The Balaban J connectivity index is 2.04. The minimum atomic E-state index is -3.65. The molecule has 6 nitrogen and oxygen atoms in total. The van der Waals surface area contributed by atoms with Gasteiger partial charge in [-0.3, -0.25) is 4.68 Å². The summed E-state index contributed by atoms with van der Waals surface area (Å²) in [5.74, 6) is 0. The van der Waals surface area contributed by atoms with Crippen molar-refractivity contribution < 1.29 is 13.5 Å². The maximum absolute atomic E-state index is 13.3. The molecule has 1 fully saturated rings. The van der Waals surface area contributed by atoms with Crippen LogP contribution in [0.4, 0.5) is 0 Å². The first-order chi connectivity index (χ1) is 11.5. The van der Waals surface area contributed by atoms with Gasteiger partial charge in [0.2, 0.25) is 10.0 Å². The molecule has 1 atom stereocenters. The van der Waals surface area contributed by atoms with Gasteiger partial charge in [-0.25, -0.2) is 8.42 Å². The average Bonchev–Trinajstić information content (AvgIpc) is 2.99. The predicted molar refractivity (Wildman–Crippen MR) is 91.9 cm³/mol. The number of aliphatic hydroxyl groups excluding tert-OH is 1. The highest BCUT2D eigenvalue weighted by atomic mass is 32.2. The molecule has 24 heavy (non-hydrogen) atoms. The van der Waals surface area contributed by atoms with Crippen molar-refractivity contribution in [1.29, 1.82) is 0 Å². The fraction of sp³-hybridized carbons (Fsp3) is 0.471. The van der Waals surface area contributed by atoms with E-state index in [4.69, 9.17) is 0 Å². The Morgan fingerprint density at radius 3 is 2.71 bits per heavy atom. The second-order valence-corrected chi connectivity index (χ2v) is 8.02. The minimum Gasteiger partial charge on any atom is -0.396 e. The lowest BCUT2D eigenvalue weighted by Gasteiger charge is -2.34. The largest absolute Gasteiger partial charge is 0.396 e. The first kappa shape index (κ1) is 17.1. The molecule has 7 heteroatoms. The van der Waals surface area contributed by atoms with Gasteiger partial charge in [0.05, 0.1) is 0 Å². The van der Waals surface area contributed by atoms with E-state index in [1.807, 2.05) is 30.3 Å². The van der Waals surface area contributed by atoms with Gasteiger partial charge in [0.15, 0.2) is 0 Å². The molecule has 2 aromatic rings. The van der Waals surface area contributed by atoms with Crippen LogP contribution in [0.3, 0.4) is 0 Å². The lowest BCUT2D eigenvalue weighted by Crippen LogP contribution is -2.44. The minimum absolute atomic E-state index is 0.00469. The summed E-state index contributed by atoms with van der Waals surface area (Å²) in [6.45, 7) is 0.491. The summed E-state index contributed by atoms with van der Waals surface area (Å²) < 4.78 is 29.6. The van der Waals surface area contributed by atoms with E-state index in [1.165, 1.54) is 0 Å². The van der Waals surface area contributed by atoms with Crippen LogP contribution >= 0.6 is 0 Å². The molecule has 0 aliphatic carbocycles. The molecule has 3 rings (SSSR count). The molecule has 1 N–H and O–H groups in total. The van der Waals surface area contributed by atoms with Crippen LogP contribution in [0.5, 0.6) is 0 Å². The van der Waals surface area contributed by atoms with Gasteiger partial charge in [0, 0.05) is 38.0 Å². The van der Waals surface area contributed by atoms with Gasteiger partial charge in [-0.15, -0.1) is 0 Å². The summed E-state index contributed by atoms with van der Waals surface area (Å²) in [7, 11) is -1.92. The lowest BCUT2D eigenvalue weighted by atomic mass is 10.0. The molecule has 1 unspecified atom stereocenters. The van der Waals surface area contributed by atoms with E-state index in [1.54, 1.807) is 22.2 Å². The predicted octanol–water partition coefficient (Wildman–Crippen LogP) is 2.01. The molecule has 2 heterocycles. The molecule has 1 aromatic carbocycles. The number of aliphatic hydroxyl groups is 1. The number of nitrogens with zero attached hydrogens (tertiary/aromatic N) is 3. The summed E-state index contributed by atoms with van der Waals surface area (Å²) in [5, 5.41) is 13.6. The molecular weight excluding hydrogens is 326 g/mol. The highest BCUT2D eigenvalue weighted by Gasteiger charge is 2.35. The number of hydrogen-bond donors (Lipinski definition) is 1. The van der Waals surface area contributed by atoms with Crippen LogP contribution in [0, 0.1) is 0 Å². The van der Waals surface area contributed by atoms with Crippen LogP contribution in [0.1, 0.15) is 25.7 Å². The van der Waals surface area contributed by atoms with E-state index < -0.39 is 10.0 Å². The maximum atomic E-state index is 13.3. The third-order valence-corrected chi connectivity index (χ3v) is 6.42. The van der Waals surface area contributed by atoms with Gasteiger partial charge in [-0.05, 0) is 19.3 Å². The normalized spacial score (nSPS) is 19.5. The van der Waals surface area contributed by atoms with Crippen LogP contribution in [-0.2, 0) is 17.1 Å². The summed E-state index contributed by atoms with van der Waals surface area (Å²) >= 11 is 0. The van der Waals surface area contributed by atoms with Crippen molar-refractivity contribution in [2.75, 3.05) is 13.2 Å². The number of rotatable bonds is 5. The SMILES string of the molecule is Cn1cc(S(=O)(=O)N2CCCCC2CCO)c(-c2ccccc2)n1. The highest BCUT2D eigenvalue weighted by Crippen LogP contribution is 2.32. The number of piperidine rings is 1. The molecule has 1 aliphatic rings. The number of aryl methyl sites for hydroxylation is 1. The second kappa shape index (κ2) is 7.04. The highest BCUT2D eigenvalue weighted by molar-refractivity contribution is 7.89. The van der Waals surface area contributed by atoms with Crippen LogP contribution in [0.25, 0.3) is 11.3 Å². The number of aromatic nitrogens is 2. The average molecular weight is 349 g/mol. The Morgan fingerprint density at radius 2 is 2.00 bits per heavy atom. The van der Waals surface area contributed by atoms with Gasteiger partial charge in [-0.2, -0.15) is 9.40 Å². The Labute approximate surface area is 142 Å². The summed E-state index contributed by atoms with van der Waals surface area (Å²) in [6, 6.07) is 9.22. The van der Waals surface area contributed by atoms with E-state index in [0.717, 1.165) is 24.8 Å². The third-order valence-electron chi connectivity index (χ3n) is 4.46. The Bertz CT molecular complexity index is 785. The summed E-state index contributed by atoms with van der Waals surface area (Å²) in [4.78, 5) is 0.237. The number of sulfonamides is 1. The van der Waals surface area contributed by atoms with Crippen molar-refractivity contribution in [3.8, 4) is 11.3 Å². The van der Waals surface area contributed by atoms with Crippen molar-refractivity contribution >= 4 is 10.0 Å². The molecule has 1 saturated heterocycles. The molecule has 0 bridgehead atoms. The number of benzene rings is 1. The first-order valence-corrected chi connectivity index (χ1v) is 9.70. The molecule has 0 saturated carbocycles. The van der Waals surface area contributed by atoms with Crippen LogP contribution in [-0.4, -0.2) is 46.8 Å². The Morgan fingerprint density at radius 1 is 1.25 bits per heavy atom.